The van der Waals surface area contributed by atoms with Crippen molar-refractivity contribution in [3.05, 3.63) is 45.7 Å². The van der Waals surface area contributed by atoms with E-state index in [1.165, 1.54) is 36.1 Å². The van der Waals surface area contributed by atoms with Crippen molar-refractivity contribution in [2.45, 2.75) is 64.9 Å². The van der Waals surface area contributed by atoms with E-state index in [9.17, 15) is 19.7 Å². The van der Waals surface area contributed by atoms with Crippen LogP contribution in [0.1, 0.15) is 53.1 Å². The van der Waals surface area contributed by atoms with E-state index >= 15 is 0 Å². The van der Waals surface area contributed by atoms with E-state index in [4.69, 9.17) is 14.2 Å². The van der Waals surface area contributed by atoms with Crippen LogP contribution < -0.4 is 4.74 Å². The summed E-state index contributed by atoms with van der Waals surface area (Å²) in [6.45, 7) is 10.5. The largest absolute Gasteiger partial charge is 0.490 e. The lowest BCUT2D eigenvalue weighted by molar-refractivity contribution is -0.385. The summed E-state index contributed by atoms with van der Waals surface area (Å²) in [6, 6.07) is 3.43. The Morgan fingerprint density at radius 2 is 2.00 bits per heavy atom. The molecule has 0 spiro atoms. The highest BCUT2D eigenvalue weighted by Gasteiger charge is 2.51. The van der Waals surface area contributed by atoms with Crippen LogP contribution in [-0.2, 0) is 19.1 Å². The third-order valence-electron chi connectivity index (χ3n) is 4.83. The van der Waals surface area contributed by atoms with Crippen LogP contribution in [0.3, 0.4) is 0 Å². The lowest BCUT2D eigenvalue weighted by Crippen LogP contribution is -2.55. The average molecular weight is 418 g/mol. The number of benzene rings is 1. The molecule has 9 nitrogen and oxygen atoms in total. The summed E-state index contributed by atoms with van der Waals surface area (Å²) in [5, 5.41) is 11.3. The molecule has 2 aliphatic rings. The molecule has 0 unspecified atom stereocenters. The van der Waals surface area contributed by atoms with Crippen molar-refractivity contribution in [1.29, 1.82) is 0 Å². The number of non-ortho nitro benzene ring substituents is 1. The predicted molar refractivity (Wildman–Crippen MR) is 107 cm³/mol. The van der Waals surface area contributed by atoms with Gasteiger partial charge in [-0.2, -0.15) is 0 Å². The molecule has 3 rings (SSSR count). The lowest BCUT2D eigenvalue weighted by atomic mass is 9.85. The van der Waals surface area contributed by atoms with Crippen molar-refractivity contribution in [3.63, 3.8) is 0 Å². The number of nitrogens with zero attached hydrogens (tertiary/aromatic N) is 2. The van der Waals surface area contributed by atoms with E-state index in [2.05, 4.69) is 0 Å². The first kappa shape index (κ1) is 21.6. The number of hydrogen-bond acceptors (Lipinski definition) is 7. The molecular formula is C21H26N2O7. The number of nitro groups is 1. The summed E-state index contributed by atoms with van der Waals surface area (Å²) in [4.78, 5) is 37.1. The van der Waals surface area contributed by atoms with Crippen molar-refractivity contribution in [1.82, 2.24) is 4.90 Å². The molecule has 0 N–H and O–H groups in total. The Bertz CT molecular complexity index is 930. The van der Waals surface area contributed by atoms with Gasteiger partial charge < -0.3 is 19.1 Å². The molecule has 0 radical (unpaired) electrons. The highest BCUT2D eigenvalue weighted by Crippen LogP contribution is 2.46. The van der Waals surface area contributed by atoms with E-state index in [0.717, 1.165) is 0 Å². The van der Waals surface area contributed by atoms with E-state index < -0.39 is 34.2 Å². The number of rotatable bonds is 4. The molecule has 1 aromatic carbocycles. The Labute approximate surface area is 174 Å². The maximum atomic E-state index is 12.9. The minimum absolute atomic E-state index is 0.144. The van der Waals surface area contributed by atoms with Gasteiger partial charge in [0.2, 0.25) is 0 Å². The predicted octanol–water partition coefficient (Wildman–Crippen LogP) is 3.28. The molecule has 2 atom stereocenters. The topological polar surface area (TPSA) is 108 Å². The Hall–Kier alpha value is -3.10. The van der Waals surface area contributed by atoms with Crippen LogP contribution in [0.2, 0.25) is 0 Å². The van der Waals surface area contributed by atoms with Gasteiger partial charge in [0.1, 0.15) is 28.8 Å². The average Bonchev–Trinajstić information content (AvgIpc) is 2.92. The fraction of sp³-hybridized carbons (Fsp3) is 0.524. The summed E-state index contributed by atoms with van der Waals surface area (Å²) in [5.41, 5.74) is -1.21. The van der Waals surface area contributed by atoms with Gasteiger partial charge in [-0.3, -0.25) is 19.7 Å². The zero-order chi connectivity index (χ0) is 22.4. The van der Waals surface area contributed by atoms with Crippen LogP contribution in [-0.4, -0.2) is 45.6 Å². The van der Waals surface area contributed by atoms with E-state index in [1.807, 2.05) is 20.8 Å². The molecule has 1 aromatic rings. The van der Waals surface area contributed by atoms with Gasteiger partial charge in [0.05, 0.1) is 11.5 Å². The second-order valence-electron chi connectivity index (χ2n) is 8.95. The van der Waals surface area contributed by atoms with Crippen LogP contribution in [0.15, 0.2) is 30.0 Å². The minimum atomic E-state index is -0.979. The van der Waals surface area contributed by atoms with Crippen LogP contribution in [0, 0.1) is 10.1 Å². The van der Waals surface area contributed by atoms with Gasteiger partial charge in [0, 0.05) is 30.7 Å². The maximum Gasteiger partial charge on any atom is 0.303 e. The molecule has 9 heteroatoms. The second-order valence-corrected chi connectivity index (χ2v) is 8.95. The van der Waals surface area contributed by atoms with Crippen LogP contribution in [0.5, 0.6) is 5.75 Å². The zero-order valence-electron chi connectivity index (χ0n) is 17.9. The third kappa shape index (κ3) is 4.24. The summed E-state index contributed by atoms with van der Waals surface area (Å²) in [5.74, 6) is 0.00947. The Morgan fingerprint density at radius 1 is 1.33 bits per heavy atom. The molecule has 30 heavy (non-hydrogen) atoms. The van der Waals surface area contributed by atoms with Crippen molar-refractivity contribution >= 4 is 17.6 Å². The molecule has 0 fully saturated rings. The summed E-state index contributed by atoms with van der Waals surface area (Å²) in [6.07, 6.45) is 0.520. The lowest BCUT2D eigenvalue weighted by Gasteiger charge is -2.46. The fourth-order valence-electron chi connectivity index (χ4n) is 3.78. The number of esters is 1. The molecule has 2 aliphatic heterocycles. The van der Waals surface area contributed by atoms with Gasteiger partial charge in [0.25, 0.3) is 11.6 Å². The minimum Gasteiger partial charge on any atom is -0.490 e. The monoisotopic (exact) mass is 418 g/mol. The number of hydrogen-bond donors (Lipinski definition) is 0. The highest BCUT2D eigenvalue weighted by molar-refractivity contribution is 5.91. The summed E-state index contributed by atoms with van der Waals surface area (Å²) in [7, 11) is 0. The molecule has 1 amide bonds. The van der Waals surface area contributed by atoms with E-state index in [0.29, 0.717) is 17.1 Å². The van der Waals surface area contributed by atoms with Gasteiger partial charge in [-0.05, 0) is 40.7 Å². The molecule has 2 heterocycles. The molecule has 162 valence electrons. The van der Waals surface area contributed by atoms with Crippen molar-refractivity contribution in [2.75, 3.05) is 6.54 Å². The first-order valence-corrected chi connectivity index (χ1v) is 9.63. The Morgan fingerprint density at radius 3 is 2.57 bits per heavy atom. The first-order chi connectivity index (χ1) is 13.8. The van der Waals surface area contributed by atoms with Crippen molar-refractivity contribution < 1.29 is 28.7 Å². The zero-order valence-corrected chi connectivity index (χ0v) is 17.9. The number of fused-ring (bicyclic) bond motifs is 1. The van der Waals surface area contributed by atoms with Gasteiger partial charge >= 0.3 is 5.97 Å². The molecule has 0 saturated heterocycles. The first-order valence-electron chi connectivity index (χ1n) is 9.63. The smallest absolute Gasteiger partial charge is 0.303 e. The number of nitro benzene ring substituents is 1. The molecule has 0 aliphatic carbocycles. The van der Waals surface area contributed by atoms with Gasteiger partial charge in [-0.25, -0.2) is 0 Å². The van der Waals surface area contributed by atoms with Crippen molar-refractivity contribution in [3.8, 4) is 5.75 Å². The SMILES string of the molecule is CC(=O)O[C@@H]1[C@@H](N2CC(OC(C)(C)C)=CC2=O)c2cc([N+](=O)[O-])ccc2OC1(C)C. The van der Waals surface area contributed by atoms with Crippen LogP contribution >= 0.6 is 0 Å². The number of carbonyl (C=O) groups is 2. The highest BCUT2D eigenvalue weighted by atomic mass is 16.6. The fourth-order valence-corrected chi connectivity index (χ4v) is 3.78. The Balaban J connectivity index is 2.08. The second kappa shape index (κ2) is 7.30. The molecule has 0 aromatic heterocycles. The molecule has 0 bridgehead atoms. The number of amides is 1. The normalized spacial score (nSPS) is 22.7. The van der Waals surface area contributed by atoms with Gasteiger partial charge in [-0.1, -0.05) is 0 Å². The molecule has 0 saturated carbocycles. The van der Waals surface area contributed by atoms with E-state index in [-0.39, 0.29) is 18.1 Å². The van der Waals surface area contributed by atoms with E-state index in [1.54, 1.807) is 13.8 Å². The number of carbonyl (C=O) groups excluding carboxylic acids is 2. The van der Waals surface area contributed by atoms with Crippen LogP contribution in [0.4, 0.5) is 5.69 Å². The molecular weight excluding hydrogens is 392 g/mol. The van der Waals surface area contributed by atoms with Crippen molar-refractivity contribution in [2.24, 2.45) is 0 Å². The summed E-state index contributed by atoms with van der Waals surface area (Å²) >= 11 is 0. The number of ether oxygens (including phenoxy) is 3. The van der Waals surface area contributed by atoms with Gasteiger partial charge in [-0.15, -0.1) is 0 Å². The summed E-state index contributed by atoms with van der Waals surface area (Å²) < 4.78 is 17.5. The standard InChI is InChI=1S/C21H26N2O7/c1-12(24)28-19-18(22-11-14(10-17(22)25)29-20(2,3)4)15-9-13(23(26)27)7-8-16(15)30-21(19,5)6/h7-10,18-19H,11H2,1-6H3/t18-,19+/m0/s1. The van der Waals surface area contributed by atoms with Gasteiger partial charge in [0.15, 0.2) is 6.10 Å². The third-order valence-corrected chi connectivity index (χ3v) is 4.83. The Kier molecular flexibility index (Phi) is 5.26. The van der Waals surface area contributed by atoms with Crippen LogP contribution in [0.25, 0.3) is 0 Å². The quantitative estimate of drug-likeness (QED) is 0.419. The maximum absolute atomic E-state index is 12.9.